The number of alkyl halides is 3. The largest absolute Gasteiger partial charge is 0.573 e. The van der Waals surface area contributed by atoms with Crippen LogP contribution in [0.2, 0.25) is 0 Å². The van der Waals surface area contributed by atoms with Crippen molar-refractivity contribution in [2.24, 2.45) is 0 Å². The summed E-state index contributed by atoms with van der Waals surface area (Å²) in [6.45, 7) is -0.0156. The zero-order chi connectivity index (χ0) is 13.3. The van der Waals surface area contributed by atoms with Gasteiger partial charge in [0.2, 0.25) is 0 Å². The predicted molar refractivity (Wildman–Crippen MR) is 58.0 cm³/mol. The van der Waals surface area contributed by atoms with Gasteiger partial charge >= 0.3 is 6.36 Å². The molecule has 0 unspecified atom stereocenters. The quantitative estimate of drug-likeness (QED) is 0.914. The van der Waals surface area contributed by atoms with Crippen LogP contribution in [-0.2, 0) is 6.54 Å². The van der Waals surface area contributed by atoms with E-state index in [0.29, 0.717) is 10.2 Å². The first-order valence-corrected chi connectivity index (χ1v) is 5.53. The van der Waals surface area contributed by atoms with Crippen LogP contribution in [0.4, 0.5) is 13.2 Å². The van der Waals surface area contributed by atoms with E-state index in [2.05, 4.69) is 4.74 Å². The highest BCUT2D eigenvalue weighted by molar-refractivity contribution is 7.16. The monoisotopic (exact) mass is 273 g/mol. The van der Waals surface area contributed by atoms with Crippen LogP contribution in [0.3, 0.4) is 0 Å². The molecule has 0 amide bonds. The molecule has 1 aromatic heterocycles. The van der Waals surface area contributed by atoms with Gasteiger partial charge in [-0.2, -0.15) is 5.26 Å². The highest BCUT2D eigenvalue weighted by atomic mass is 32.1. The number of ether oxygens (including phenoxy) is 1. The third-order valence-electron chi connectivity index (χ3n) is 2.14. The van der Waals surface area contributed by atoms with Gasteiger partial charge in [-0.3, -0.25) is 5.41 Å². The minimum absolute atomic E-state index is 0.0156. The van der Waals surface area contributed by atoms with Crippen molar-refractivity contribution in [3.8, 4) is 11.8 Å². The maximum Gasteiger partial charge on any atom is 0.573 e. The molecular formula is C10H6F3N3OS. The van der Waals surface area contributed by atoms with Crippen molar-refractivity contribution in [1.82, 2.24) is 4.57 Å². The van der Waals surface area contributed by atoms with Crippen molar-refractivity contribution < 1.29 is 17.9 Å². The van der Waals surface area contributed by atoms with Gasteiger partial charge in [0.25, 0.3) is 0 Å². The van der Waals surface area contributed by atoms with E-state index in [4.69, 9.17) is 10.7 Å². The number of hydrogen-bond donors (Lipinski definition) is 1. The van der Waals surface area contributed by atoms with E-state index < -0.39 is 6.36 Å². The van der Waals surface area contributed by atoms with E-state index in [-0.39, 0.29) is 17.1 Å². The molecule has 4 nitrogen and oxygen atoms in total. The Kier molecular flexibility index (Phi) is 3.00. The third kappa shape index (κ3) is 2.46. The molecule has 0 aliphatic heterocycles. The van der Waals surface area contributed by atoms with Crippen LogP contribution in [0.25, 0.3) is 10.2 Å². The number of rotatable bonds is 2. The summed E-state index contributed by atoms with van der Waals surface area (Å²) < 4.78 is 41.8. The zero-order valence-electron chi connectivity index (χ0n) is 8.78. The summed E-state index contributed by atoms with van der Waals surface area (Å²) in [5.41, 5.74) is 0.543. The van der Waals surface area contributed by atoms with Gasteiger partial charge in [0, 0.05) is 0 Å². The number of nitrogens with zero attached hydrogens (tertiary/aromatic N) is 2. The maximum atomic E-state index is 12.0. The Hall–Kier alpha value is -2.01. The van der Waals surface area contributed by atoms with Crippen molar-refractivity contribution in [3.05, 3.63) is 23.0 Å². The minimum atomic E-state index is -4.74. The van der Waals surface area contributed by atoms with E-state index in [1.54, 1.807) is 0 Å². The summed E-state index contributed by atoms with van der Waals surface area (Å²) in [4.78, 5) is 0.107. The number of aromatic nitrogens is 1. The van der Waals surface area contributed by atoms with Crippen LogP contribution in [0.1, 0.15) is 0 Å². The van der Waals surface area contributed by atoms with E-state index in [0.717, 1.165) is 17.4 Å². The lowest BCUT2D eigenvalue weighted by molar-refractivity contribution is -0.274. The van der Waals surface area contributed by atoms with Crippen LogP contribution in [0.15, 0.2) is 18.2 Å². The van der Waals surface area contributed by atoms with Gasteiger partial charge < -0.3 is 9.30 Å². The Morgan fingerprint density at radius 3 is 2.78 bits per heavy atom. The fraction of sp³-hybridized carbons (Fsp3) is 0.200. The lowest BCUT2D eigenvalue weighted by Gasteiger charge is -2.08. The first kappa shape index (κ1) is 12.4. The number of nitriles is 1. The Morgan fingerprint density at radius 1 is 1.44 bits per heavy atom. The second-order valence-corrected chi connectivity index (χ2v) is 4.36. The number of nitrogens with one attached hydrogen (secondary N) is 1. The standard InChI is InChI=1S/C10H6F3N3OS/c11-10(12,13)17-6-1-2-7-8(5-6)18-9(15)16(7)4-3-14/h1-2,5,15H,4H2. The van der Waals surface area contributed by atoms with Crippen LogP contribution >= 0.6 is 11.3 Å². The maximum absolute atomic E-state index is 12.0. The zero-order valence-corrected chi connectivity index (χ0v) is 9.60. The van der Waals surface area contributed by atoms with E-state index >= 15 is 0 Å². The number of benzene rings is 1. The van der Waals surface area contributed by atoms with E-state index in [9.17, 15) is 13.2 Å². The van der Waals surface area contributed by atoms with Gasteiger partial charge in [-0.15, -0.1) is 13.2 Å². The molecule has 0 atom stereocenters. The Bertz CT molecular complexity index is 680. The summed E-state index contributed by atoms with van der Waals surface area (Å²) in [7, 11) is 0. The topological polar surface area (TPSA) is 61.8 Å². The Morgan fingerprint density at radius 2 is 2.17 bits per heavy atom. The highest BCUT2D eigenvalue weighted by Gasteiger charge is 2.31. The molecule has 94 valence electrons. The first-order chi connectivity index (χ1) is 8.40. The van der Waals surface area contributed by atoms with E-state index in [1.807, 2.05) is 6.07 Å². The molecule has 1 heterocycles. The van der Waals surface area contributed by atoms with Crippen molar-refractivity contribution in [2.45, 2.75) is 12.9 Å². The van der Waals surface area contributed by atoms with Crippen molar-refractivity contribution in [3.63, 3.8) is 0 Å². The minimum Gasteiger partial charge on any atom is -0.406 e. The lowest BCUT2D eigenvalue weighted by Crippen LogP contribution is -2.17. The van der Waals surface area contributed by atoms with Gasteiger partial charge in [-0.05, 0) is 18.2 Å². The number of thiazole rings is 1. The van der Waals surface area contributed by atoms with Crippen LogP contribution in [-0.4, -0.2) is 10.9 Å². The Labute approximate surface area is 103 Å². The molecule has 0 saturated carbocycles. The molecule has 1 aromatic carbocycles. The van der Waals surface area contributed by atoms with E-state index in [1.165, 1.54) is 16.7 Å². The molecule has 8 heteroatoms. The summed E-state index contributed by atoms with van der Waals surface area (Å²) >= 11 is 0.990. The van der Waals surface area contributed by atoms with Crippen molar-refractivity contribution in [1.29, 1.82) is 10.7 Å². The molecule has 2 rings (SSSR count). The number of halogens is 3. The SMILES string of the molecule is N#CCn1c(=N)sc2cc(OC(F)(F)F)ccc21. The molecule has 0 radical (unpaired) electrons. The van der Waals surface area contributed by atoms with Gasteiger partial charge in [0.05, 0.1) is 16.3 Å². The second kappa shape index (κ2) is 4.34. The van der Waals surface area contributed by atoms with Crippen LogP contribution < -0.4 is 9.54 Å². The van der Waals surface area contributed by atoms with Gasteiger partial charge in [0.1, 0.15) is 12.3 Å². The van der Waals surface area contributed by atoms with Gasteiger partial charge in [-0.25, -0.2) is 0 Å². The third-order valence-corrected chi connectivity index (χ3v) is 3.10. The average Bonchev–Trinajstić information content (AvgIpc) is 2.53. The average molecular weight is 273 g/mol. The Balaban J connectivity index is 2.48. The van der Waals surface area contributed by atoms with Crippen molar-refractivity contribution in [2.75, 3.05) is 0 Å². The molecule has 1 N–H and O–H groups in total. The summed E-state index contributed by atoms with van der Waals surface area (Å²) in [6.07, 6.45) is -4.74. The fourth-order valence-corrected chi connectivity index (χ4v) is 2.43. The molecule has 0 aliphatic carbocycles. The second-order valence-electron chi connectivity index (χ2n) is 3.33. The summed E-state index contributed by atoms with van der Waals surface area (Å²) in [5.74, 6) is -0.333. The molecule has 0 aliphatic rings. The fourth-order valence-electron chi connectivity index (χ4n) is 1.49. The molecule has 0 saturated heterocycles. The molecule has 0 bridgehead atoms. The first-order valence-electron chi connectivity index (χ1n) is 4.71. The van der Waals surface area contributed by atoms with Crippen LogP contribution in [0.5, 0.6) is 5.75 Å². The number of fused-ring (bicyclic) bond motifs is 1. The van der Waals surface area contributed by atoms with Gasteiger partial charge in [-0.1, -0.05) is 11.3 Å². The molecule has 0 fully saturated rings. The normalized spacial score (nSPS) is 11.4. The molecule has 0 spiro atoms. The highest BCUT2D eigenvalue weighted by Crippen LogP contribution is 2.27. The molecule has 2 aromatic rings. The van der Waals surface area contributed by atoms with Gasteiger partial charge in [0.15, 0.2) is 4.80 Å². The smallest absolute Gasteiger partial charge is 0.406 e. The van der Waals surface area contributed by atoms with Crippen molar-refractivity contribution >= 4 is 21.6 Å². The molecular weight excluding hydrogens is 267 g/mol. The van der Waals surface area contributed by atoms with Crippen LogP contribution in [0, 0.1) is 16.7 Å². The lowest BCUT2D eigenvalue weighted by atomic mass is 10.3. The predicted octanol–water partition coefficient (Wildman–Crippen LogP) is 2.60. The summed E-state index contributed by atoms with van der Waals surface area (Å²) in [5, 5.41) is 16.2. The number of hydrogen-bond acceptors (Lipinski definition) is 4. The molecule has 18 heavy (non-hydrogen) atoms. The summed E-state index contributed by atoms with van der Waals surface area (Å²) in [6, 6.07) is 5.67.